The lowest BCUT2D eigenvalue weighted by molar-refractivity contribution is -0.128. The molecule has 0 saturated heterocycles. The lowest BCUT2D eigenvalue weighted by Gasteiger charge is -2.14. The number of hydrogen-bond donors (Lipinski definition) is 4. The molecule has 64 heavy (non-hydrogen) atoms. The zero-order chi connectivity index (χ0) is 46.6. The van der Waals surface area contributed by atoms with E-state index in [0.717, 1.165) is 44.9 Å². The van der Waals surface area contributed by atoms with Crippen molar-refractivity contribution in [3.05, 3.63) is 169 Å². The molecule has 0 saturated carbocycles. The molecule has 0 aromatic heterocycles. The largest absolute Gasteiger partial charge is 0.467 e. The minimum Gasteiger partial charge on any atom is -0.467 e. The third kappa shape index (κ3) is 20.1. The van der Waals surface area contributed by atoms with Gasteiger partial charge in [-0.3, -0.25) is 4.79 Å². The van der Waals surface area contributed by atoms with Crippen LogP contribution in [0.25, 0.3) is 22.3 Å². The number of unbranched alkanes of at least 4 members (excludes halogenated alkanes) is 3. The summed E-state index contributed by atoms with van der Waals surface area (Å²) in [5, 5.41) is 43.8. The van der Waals surface area contributed by atoms with Crippen LogP contribution in [0.15, 0.2) is 147 Å². The van der Waals surface area contributed by atoms with E-state index in [4.69, 9.17) is 36.7 Å². The number of hydrogen-bond acceptors (Lipinski definition) is 9. The zero-order valence-electron chi connectivity index (χ0n) is 37.2. The molecule has 1 amide bonds. The van der Waals surface area contributed by atoms with Gasteiger partial charge in [0, 0.05) is 38.2 Å². The molecule has 10 nitrogen and oxygen atoms in total. The number of benzene rings is 4. The standard InChI is InChI=1S/C22H25NO3.C15H12O2.C7H11NO.C5H10O.C4H5N.CH4/c24-15-9-3-1-2-8-14-23-22(25)26-16-21-19-12-6-4-10-17(19)18-11-5-7-13-20(18)21;16-10-17-9-15-13-7-3-1-5-11(13)12-6-2-4-8-14(12)15;8-6-4-2-1-3-5-7-9;1-2-3-4-5-6;1-2-3-4-5;/h1-2,4-7,10-13,21,24H,3,8-9,14-16H2,(H,23,25);1-8,10,15H,9H2;1-2,9H,3-5,7H2;2,6H,1,3-5H2;2H,1,3H2;1H4/i;10T;;;;. The van der Waals surface area contributed by atoms with Crippen molar-refractivity contribution in [3.63, 3.8) is 0 Å². The molecule has 0 atom stereocenters. The fraction of sp³-hybridized carbons (Fsp3) is 0.333. The highest BCUT2D eigenvalue weighted by molar-refractivity contribution is 5.80. The van der Waals surface area contributed by atoms with Crippen LogP contribution in [0.2, 0.25) is 0 Å². The molecule has 0 bridgehead atoms. The van der Waals surface area contributed by atoms with E-state index < -0.39 is 6.45 Å². The van der Waals surface area contributed by atoms with Crippen molar-refractivity contribution in [3.8, 4) is 34.4 Å². The summed E-state index contributed by atoms with van der Waals surface area (Å²) in [4.78, 5) is 22.6. The molecule has 4 N–H and O–H groups in total. The van der Waals surface area contributed by atoms with Crippen LogP contribution in [0.5, 0.6) is 0 Å². The summed E-state index contributed by atoms with van der Waals surface area (Å²) in [5.74, 6) is 0.137. The number of carbonyl (C=O) groups is 2. The van der Waals surface area contributed by atoms with Crippen LogP contribution in [0, 0.1) is 22.7 Å². The summed E-state index contributed by atoms with van der Waals surface area (Å²) in [7, 11) is 0. The Balaban J connectivity index is 0.000000467. The van der Waals surface area contributed by atoms with Crippen LogP contribution in [0.4, 0.5) is 4.79 Å². The third-order valence-electron chi connectivity index (χ3n) is 9.60. The normalized spacial score (nSPS) is 11.4. The van der Waals surface area contributed by atoms with Gasteiger partial charge in [0.15, 0.2) is 1.37 Å². The number of amides is 1. The predicted molar refractivity (Wildman–Crippen MR) is 258 cm³/mol. The van der Waals surface area contributed by atoms with Crippen LogP contribution >= 0.6 is 0 Å². The van der Waals surface area contributed by atoms with Gasteiger partial charge in [0.1, 0.15) is 13.2 Å². The lowest BCUT2D eigenvalue weighted by atomic mass is 9.98. The minimum atomic E-state index is -0.975. The average Bonchev–Trinajstić information content (AvgIpc) is 3.82. The second-order valence-corrected chi connectivity index (χ2v) is 14.0. The monoisotopic (exact) mass is 872 g/mol. The van der Waals surface area contributed by atoms with Gasteiger partial charge < -0.3 is 30.1 Å². The van der Waals surface area contributed by atoms with Gasteiger partial charge in [0.25, 0.3) is 6.45 Å². The summed E-state index contributed by atoms with van der Waals surface area (Å²) in [6, 6.07) is 36.8. The van der Waals surface area contributed by atoms with E-state index >= 15 is 0 Å². The Morgan fingerprint density at radius 1 is 0.625 bits per heavy atom. The molecule has 4 aromatic rings. The Labute approximate surface area is 382 Å². The number of nitrogens with zero attached hydrogens (tertiary/aromatic N) is 2. The Kier molecular flexibility index (Phi) is 30.1. The number of nitrogens with one attached hydrogen (secondary N) is 1. The van der Waals surface area contributed by atoms with E-state index in [9.17, 15) is 9.59 Å². The summed E-state index contributed by atoms with van der Waals surface area (Å²) < 4.78 is 17.2. The molecule has 2 aliphatic rings. The molecular weight excluding hydrogens is 803 g/mol. The second-order valence-electron chi connectivity index (χ2n) is 14.0. The first-order chi connectivity index (χ1) is 31.3. The fourth-order valence-corrected chi connectivity index (χ4v) is 6.67. The number of allylic oxidation sites excluding steroid dienone is 5. The van der Waals surface area contributed by atoms with Crippen LogP contribution in [-0.2, 0) is 14.3 Å². The molecular formula is C54H67N3O7. The highest BCUT2D eigenvalue weighted by Gasteiger charge is 2.29. The molecule has 0 heterocycles. The van der Waals surface area contributed by atoms with Crippen molar-refractivity contribution in [1.29, 1.82) is 10.5 Å². The van der Waals surface area contributed by atoms with Gasteiger partial charge in [-0.15, -0.1) is 13.2 Å². The number of carbonyl (C=O) groups excluding carboxylic acids is 2. The highest BCUT2D eigenvalue weighted by Crippen LogP contribution is 2.45. The van der Waals surface area contributed by atoms with E-state index in [2.05, 4.69) is 67.0 Å². The van der Waals surface area contributed by atoms with Crippen molar-refractivity contribution >= 4 is 12.5 Å². The van der Waals surface area contributed by atoms with Crippen LogP contribution < -0.4 is 5.32 Å². The lowest BCUT2D eigenvalue weighted by Crippen LogP contribution is -2.26. The number of ether oxygens (including phenoxy) is 2. The Morgan fingerprint density at radius 2 is 1.03 bits per heavy atom. The second kappa shape index (κ2) is 36.0. The summed E-state index contributed by atoms with van der Waals surface area (Å²) in [6.07, 6.45) is 16.6. The maximum Gasteiger partial charge on any atom is 0.407 e. The fourth-order valence-electron chi connectivity index (χ4n) is 6.67. The van der Waals surface area contributed by atoms with Crippen molar-refractivity contribution in [1.82, 2.24) is 5.32 Å². The van der Waals surface area contributed by atoms with Crippen LogP contribution in [0.1, 0.15) is 101 Å². The molecule has 340 valence electrons. The molecule has 2 aliphatic carbocycles. The number of aliphatic hydroxyl groups excluding tert-OH is 3. The molecule has 10 heteroatoms. The van der Waals surface area contributed by atoms with Crippen molar-refractivity contribution in [2.75, 3.05) is 39.6 Å². The number of alkyl carbamates (subject to hydrolysis) is 1. The molecule has 0 spiro atoms. The summed E-state index contributed by atoms with van der Waals surface area (Å²) >= 11 is 0. The number of nitriles is 2. The van der Waals surface area contributed by atoms with Crippen LogP contribution in [-0.4, -0.2) is 67.4 Å². The van der Waals surface area contributed by atoms with E-state index in [1.54, 1.807) is 12.2 Å². The van der Waals surface area contributed by atoms with Crippen molar-refractivity contribution in [2.24, 2.45) is 0 Å². The number of aliphatic hydroxyl groups is 3. The van der Waals surface area contributed by atoms with Gasteiger partial charge in [-0.25, -0.2) is 4.79 Å². The van der Waals surface area contributed by atoms with Gasteiger partial charge >= 0.3 is 6.09 Å². The molecule has 6 rings (SSSR count). The third-order valence-corrected chi connectivity index (χ3v) is 9.60. The van der Waals surface area contributed by atoms with Crippen LogP contribution in [0.3, 0.4) is 0 Å². The predicted octanol–water partition coefficient (Wildman–Crippen LogP) is 11.1. The topological polar surface area (TPSA) is 173 Å². The number of rotatable bonds is 18. The van der Waals surface area contributed by atoms with E-state index in [-0.39, 0.29) is 51.8 Å². The number of fused-ring (bicyclic) bond motifs is 6. The highest BCUT2D eigenvalue weighted by atomic mass is 16.5. The molecule has 0 unspecified atom stereocenters. The van der Waals surface area contributed by atoms with Gasteiger partial charge in [-0.05, 0) is 89.5 Å². The zero-order valence-corrected chi connectivity index (χ0v) is 36.2. The Morgan fingerprint density at radius 3 is 1.41 bits per heavy atom. The minimum absolute atomic E-state index is 0. The first-order valence-corrected chi connectivity index (χ1v) is 21.3. The van der Waals surface area contributed by atoms with E-state index in [1.165, 1.54) is 44.5 Å². The summed E-state index contributed by atoms with van der Waals surface area (Å²) in [5.41, 5.74) is 9.61. The smallest absolute Gasteiger partial charge is 0.407 e. The molecule has 0 aliphatic heterocycles. The Bertz CT molecular complexity index is 2050. The maximum absolute atomic E-state index is 12.0. The van der Waals surface area contributed by atoms with Gasteiger partial charge in [-0.2, -0.15) is 10.5 Å². The van der Waals surface area contributed by atoms with Gasteiger partial charge in [0.05, 0.1) is 25.0 Å². The molecule has 0 fully saturated rings. The van der Waals surface area contributed by atoms with Crippen molar-refractivity contribution < 1.29 is 35.8 Å². The van der Waals surface area contributed by atoms with Gasteiger partial charge in [-0.1, -0.05) is 141 Å². The van der Waals surface area contributed by atoms with Crippen molar-refractivity contribution in [2.45, 2.75) is 77.0 Å². The summed E-state index contributed by atoms with van der Waals surface area (Å²) in [6.45, 7) is 8.66. The van der Waals surface area contributed by atoms with E-state index in [1.807, 2.05) is 85.0 Å². The molecule has 0 radical (unpaired) electrons. The molecule has 4 aromatic carbocycles. The average molecular weight is 872 g/mol. The maximum atomic E-state index is 12.0. The first kappa shape index (κ1) is 53.6. The quantitative estimate of drug-likeness (QED) is 0.0431. The Hall–Kier alpha value is -6.56. The first-order valence-electron chi connectivity index (χ1n) is 21.8. The van der Waals surface area contributed by atoms with E-state index in [0.29, 0.717) is 26.0 Å². The van der Waals surface area contributed by atoms with Gasteiger partial charge in [0.2, 0.25) is 0 Å². The SMILES string of the molecule is C.C=CCC#N.C=CCCCO.N#CCC=CCCCO.O=C(NCCC=CCCCO)OCC1c2ccccc2-c2ccccc21.[3H]C(=O)OCC1c2ccccc2-c2ccccc21.